The first-order valence-corrected chi connectivity index (χ1v) is 22.4. The second kappa shape index (κ2) is 20.5. The van der Waals surface area contributed by atoms with Crippen molar-refractivity contribution in [3.8, 4) is 0 Å². The van der Waals surface area contributed by atoms with Crippen LogP contribution in [0.25, 0.3) is 11.2 Å². The Hall–Kier alpha value is -2.77. The molecule has 1 aliphatic rings. The summed E-state index contributed by atoms with van der Waals surface area (Å²) in [4.78, 5) is 99.2. The highest BCUT2D eigenvalue weighted by Gasteiger charge is 2.50. The highest BCUT2D eigenvalue weighted by Crippen LogP contribution is 2.61. The Morgan fingerprint density at radius 2 is 1.70 bits per heavy atom. The second-order valence-electron chi connectivity index (χ2n) is 13.6. The second-order valence-corrected chi connectivity index (χ2v) is 19.0. The first-order valence-electron chi connectivity index (χ1n) is 16.9. The molecule has 7 atom stereocenters. The third kappa shape index (κ3) is 15.4. The van der Waals surface area contributed by atoms with Crippen molar-refractivity contribution in [3.63, 3.8) is 0 Å². The number of aliphatic hydroxyl groups is 2. The van der Waals surface area contributed by atoms with E-state index in [4.69, 9.17) is 19.5 Å². The van der Waals surface area contributed by atoms with Gasteiger partial charge in [0.1, 0.15) is 42.0 Å². The lowest BCUT2D eigenvalue weighted by Gasteiger charge is -2.30. The fraction of sp³-hybridized carbons (Fsp3) is 0.679. The lowest BCUT2D eigenvalue weighted by Crippen LogP contribution is -2.46. The number of hydrogen-bond acceptors (Lipinski definition) is 19. The molecular weight excluding hydrogens is 847 g/mol. The van der Waals surface area contributed by atoms with Crippen molar-refractivity contribution in [1.29, 1.82) is 0 Å². The molecule has 3 rings (SSSR count). The summed E-state index contributed by atoms with van der Waals surface area (Å²) in [5, 5.41) is 26.0. The molecule has 0 aliphatic carbocycles. The van der Waals surface area contributed by atoms with Crippen LogP contribution in [-0.2, 0) is 55.5 Å². The van der Waals surface area contributed by atoms with Crippen LogP contribution in [0, 0.1) is 11.3 Å². The lowest BCUT2D eigenvalue weighted by molar-refractivity contribution is -0.137. The summed E-state index contributed by atoms with van der Waals surface area (Å²) in [7, 11) is -16.4. The zero-order valence-electron chi connectivity index (χ0n) is 31.0. The number of nitrogen functional groups attached to an aromatic ring is 1. The first-order chi connectivity index (χ1) is 26.3. The van der Waals surface area contributed by atoms with Gasteiger partial charge in [0.05, 0.1) is 26.0 Å². The van der Waals surface area contributed by atoms with Gasteiger partial charge >= 0.3 is 23.5 Å². The molecule has 2 aromatic rings. The number of aliphatic hydroxyl groups excluding tert-OH is 2. The van der Waals surface area contributed by atoms with E-state index in [1.54, 1.807) is 0 Å². The summed E-state index contributed by atoms with van der Waals surface area (Å²) >= 11 is 0.905. The van der Waals surface area contributed by atoms with E-state index in [1.165, 1.54) is 13.8 Å². The number of amides is 2. The number of thioether (sulfide) groups is 1. The van der Waals surface area contributed by atoms with E-state index in [1.807, 2.05) is 13.8 Å². The van der Waals surface area contributed by atoms with Gasteiger partial charge in [-0.3, -0.25) is 37.3 Å². The van der Waals surface area contributed by atoms with Gasteiger partial charge in [0.25, 0.3) is 0 Å². The summed E-state index contributed by atoms with van der Waals surface area (Å²) < 4.78 is 62.0. The molecule has 0 spiro atoms. The molecule has 2 amide bonds. The van der Waals surface area contributed by atoms with E-state index in [0.29, 0.717) is 6.42 Å². The Kier molecular flexibility index (Phi) is 17.5. The fourth-order valence-electron chi connectivity index (χ4n) is 5.03. The molecule has 2 unspecified atom stereocenters. The Morgan fingerprint density at radius 1 is 1.04 bits per heavy atom. The molecule has 1 saturated heterocycles. The quantitative estimate of drug-likeness (QED) is 0.0392. The van der Waals surface area contributed by atoms with Crippen LogP contribution in [0.15, 0.2) is 12.7 Å². The number of nitrogens with one attached hydrogen (secondary N) is 2. The van der Waals surface area contributed by atoms with E-state index < -0.39 is 84.6 Å². The molecule has 3 heterocycles. The van der Waals surface area contributed by atoms with Crippen LogP contribution in [0.3, 0.4) is 0 Å². The number of hydrogen-bond donors (Lipinski definition) is 9. The molecule has 10 N–H and O–H groups in total. The third-order valence-corrected chi connectivity index (χ3v) is 11.7. The minimum Gasteiger partial charge on any atom is -0.386 e. The number of ketones is 1. The van der Waals surface area contributed by atoms with Crippen LogP contribution in [-0.4, -0.2) is 128 Å². The van der Waals surface area contributed by atoms with Crippen molar-refractivity contribution >= 4 is 74.9 Å². The van der Waals surface area contributed by atoms with Crippen molar-refractivity contribution in [2.75, 3.05) is 37.8 Å². The maximum atomic E-state index is 12.7. The van der Waals surface area contributed by atoms with Crippen molar-refractivity contribution in [2.45, 2.75) is 77.6 Å². The number of aromatic nitrogens is 4. The predicted molar refractivity (Wildman–Crippen MR) is 196 cm³/mol. The van der Waals surface area contributed by atoms with E-state index in [9.17, 15) is 62.7 Å². The number of anilines is 1. The average molecular weight is 894 g/mol. The molecule has 0 saturated carbocycles. The Labute approximate surface area is 329 Å². The van der Waals surface area contributed by atoms with Crippen LogP contribution in [0.1, 0.15) is 53.2 Å². The van der Waals surface area contributed by atoms with Gasteiger partial charge in [-0.05, 0) is 5.92 Å². The molecular formula is C28H46N7O18P3S. The van der Waals surface area contributed by atoms with E-state index in [-0.39, 0.29) is 65.5 Å². The van der Waals surface area contributed by atoms with Gasteiger partial charge in [-0.25, -0.2) is 28.6 Å². The Morgan fingerprint density at radius 3 is 2.35 bits per heavy atom. The number of carbonyl (C=O) groups is 4. The molecule has 0 radical (unpaired) electrons. The molecule has 1 fully saturated rings. The first kappa shape index (κ1) is 48.6. The van der Waals surface area contributed by atoms with E-state index >= 15 is 0 Å². The van der Waals surface area contributed by atoms with Crippen LogP contribution >= 0.6 is 35.2 Å². The number of phosphoric ester groups is 3. The van der Waals surface area contributed by atoms with Gasteiger partial charge in [0.2, 0.25) is 11.8 Å². The highest BCUT2D eigenvalue weighted by molar-refractivity contribution is 8.13. The fourth-order valence-corrected chi connectivity index (χ4v) is 8.56. The normalized spacial score (nSPS) is 21.5. The van der Waals surface area contributed by atoms with Gasteiger partial charge in [0, 0.05) is 37.1 Å². The van der Waals surface area contributed by atoms with E-state index in [0.717, 1.165) is 29.0 Å². The monoisotopic (exact) mass is 893 g/mol. The van der Waals surface area contributed by atoms with Gasteiger partial charge in [-0.2, -0.15) is 4.31 Å². The maximum absolute atomic E-state index is 12.7. The number of phosphoric acid groups is 3. The topological polar surface area (TPSA) is 381 Å². The molecule has 29 heteroatoms. The number of nitrogens with zero attached hydrogens (tertiary/aromatic N) is 4. The summed E-state index contributed by atoms with van der Waals surface area (Å²) in [6, 6.07) is 0. The molecule has 0 bridgehead atoms. The number of Topliss-reactive ketones (excluding diaryl/α,β-unsaturated/α-hetero) is 1. The third-order valence-electron chi connectivity index (χ3n) is 7.74. The predicted octanol–water partition coefficient (Wildman–Crippen LogP) is -0.330. The van der Waals surface area contributed by atoms with Crippen molar-refractivity contribution in [3.05, 3.63) is 12.7 Å². The van der Waals surface area contributed by atoms with Crippen molar-refractivity contribution < 1.29 is 85.3 Å². The molecule has 322 valence electrons. The van der Waals surface area contributed by atoms with Crippen LogP contribution in [0.5, 0.6) is 0 Å². The number of fused-ring (bicyclic) bond motifs is 1. The minimum atomic E-state index is -5.58. The Bertz CT molecular complexity index is 1900. The number of nitrogens with two attached hydrogens (primary N) is 1. The van der Waals surface area contributed by atoms with E-state index in [2.05, 4.69) is 34.4 Å². The SMILES string of the molecule is CC(C)CC(=O)CC(=O)SCCNC(=O)CCNC(=O)[C@@H](O)C(C)(C)COP(=O)(O)OP(=O)(O)OC[C@@H]1O[C@H](n2cnc3c(N)ncnc32)[C@@H](O)[C@H]1OP(=O)(O)O. The van der Waals surface area contributed by atoms with Crippen LogP contribution < -0.4 is 16.4 Å². The van der Waals surface area contributed by atoms with Crippen LogP contribution in [0.4, 0.5) is 5.82 Å². The zero-order valence-corrected chi connectivity index (χ0v) is 34.5. The maximum Gasteiger partial charge on any atom is 0.481 e. The minimum absolute atomic E-state index is 0.0243. The summed E-state index contributed by atoms with van der Waals surface area (Å²) in [5.74, 6) is -1.34. The molecule has 1 aliphatic heterocycles. The van der Waals surface area contributed by atoms with Gasteiger partial charge in [-0.1, -0.05) is 39.5 Å². The van der Waals surface area contributed by atoms with Crippen molar-refractivity contribution in [2.24, 2.45) is 11.3 Å². The smallest absolute Gasteiger partial charge is 0.386 e. The lowest BCUT2D eigenvalue weighted by atomic mass is 9.87. The number of imidazole rings is 1. The number of rotatable bonds is 23. The summed E-state index contributed by atoms with van der Waals surface area (Å²) in [5.41, 5.74) is 4.23. The Balaban J connectivity index is 1.47. The molecule has 0 aromatic carbocycles. The number of carbonyl (C=O) groups excluding carboxylic acids is 4. The zero-order chi connectivity index (χ0) is 42.9. The molecule has 2 aromatic heterocycles. The largest absolute Gasteiger partial charge is 0.481 e. The van der Waals surface area contributed by atoms with Gasteiger partial charge in [0.15, 0.2) is 22.8 Å². The molecule has 25 nitrogen and oxygen atoms in total. The van der Waals surface area contributed by atoms with Crippen LogP contribution in [0.2, 0.25) is 0 Å². The van der Waals surface area contributed by atoms with Crippen molar-refractivity contribution in [1.82, 2.24) is 30.2 Å². The standard InChI is InChI=1S/C28H46N7O18P3S/c1-15(2)9-16(36)10-19(38)57-8-7-30-18(37)5-6-31-26(41)23(40)28(3,4)12-50-56(47,48)53-55(45,46)49-11-17-22(52-54(42,43)44)21(39)27(51-17)35-14-34-20-24(29)32-13-33-25(20)35/h13-15,17,21-23,27,39-40H,5-12H2,1-4H3,(H,30,37)(H,31,41)(H,45,46)(H,47,48)(H2,29,32,33)(H2,42,43,44)/t17-,21-,22-,23+,27-/m0/s1. The number of ether oxygens (including phenoxy) is 1. The summed E-state index contributed by atoms with van der Waals surface area (Å²) in [6.07, 6.45) is -6.92. The van der Waals surface area contributed by atoms with Gasteiger partial charge in [-0.15, -0.1) is 0 Å². The summed E-state index contributed by atoms with van der Waals surface area (Å²) in [6.45, 7) is 4.04. The highest BCUT2D eigenvalue weighted by atomic mass is 32.2. The van der Waals surface area contributed by atoms with Gasteiger partial charge < -0.3 is 50.9 Å². The average Bonchev–Trinajstić information content (AvgIpc) is 3.64. The molecule has 57 heavy (non-hydrogen) atoms.